The molecular formula is C20H21N5O3. The second kappa shape index (κ2) is 7.67. The lowest BCUT2D eigenvalue weighted by atomic mass is 10.2. The molecule has 1 aliphatic heterocycles. The number of carbonyl (C=O) groups is 1. The fraction of sp³-hybridized carbons (Fsp3) is 0.300. The van der Waals surface area contributed by atoms with Crippen LogP contribution in [0.25, 0.3) is 10.9 Å². The van der Waals surface area contributed by atoms with Crippen LogP contribution in [-0.2, 0) is 11.3 Å². The molecule has 0 spiro atoms. The molecule has 1 aromatic carbocycles. The minimum Gasteiger partial charge on any atom is -0.481 e. The minimum absolute atomic E-state index is 0.0278. The van der Waals surface area contributed by atoms with Gasteiger partial charge in [-0.15, -0.1) is 0 Å². The Kier molecular flexibility index (Phi) is 4.92. The molecule has 1 fully saturated rings. The van der Waals surface area contributed by atoms with Crippen molar-refractivity contribution in [3.8, 4) is 5.88 Å². The second-order valence-corrected chi connectivity index (χ2v) is 6.59. The maximum absolute atomic E-state index is 12.8. The summed E-state index contributed by atoms with van der Waals surface area (Å²) in [6.45, 7) is 2.71. The molecule has 8 heteroatoms. The summed E-state index contributed by atoms with van der Waals surface area (Å²) >= 11 is 0. The first-order valence-corrected chi connectivity index (χ1v) is 9.13. The molecule has 3 aromatic rings. The topological polar surface area (TPSA) is 80.6 Å². The molecule has 4 rings (SSSR count). The van der Waals surface area contributed by atoms with Gasteiger partial charge >= 0.3 is 0 Å². The van der Waals surface area contributed by atoms with Crippen LogP contribution in [0.1, 0.15) is 0 Å². The zero-order valence-electron chi connectivity index (χ0n) is 15.6. The van der Waals surface area contributed by atoms with E-state index in [2.05, 4.69) is 9.97 Å². The van der Waals surface area contributed by atoms with Crippen molar-refractivity contribution >= 4 is 22.8 Å². The second-order valence-electron chi connectivity index (χ2n) is 6.59. The quantitative estimate of drug-likeness (QED) is 0.677. The summed E-state index contributed by atoms with van der Waals surface area (Å²) in [6, 6.07) is 10.6. The van der Waals surface area contributed by atoms with Gasteiger partial charge in [0.2, 0.25) is 17.7 Å². The van der Waals surface area contributed by atoms with E-state index in [4.69, 9.17) is 4.74 Å². The van der Waals surface area contributed by atoms with Crippen molar-refractivity contribution in [1.29, 1.82) is 0 Å². The third-order valence-corrected chi connectivity index (χ3v) is 4.93. The Hall–Kier alpha value is -3.42. The number of rotatable bonds is 4. The Bertz CT molecular complexity index is 1060. The number of hydrogen-bond acceptors (Lipinski definition) is 6. The molecule has 0 aliphatic carbocycles. The molecule has 2 aromatic heterocycles. The molecule has 3 heterocycles. The summed E-state index contributed by atoms with van der Waals surface area (Å²) in [4.78, 5) is 37.3. The number of amides is 1. The van der Waals surface area contributed by atoms with E-state index in [0.717, 1.165) is 5.52 Å². The van der Waals surface area contributed by atoms with Crippen molar-refractivity contribution < 1.29 is 9.53 Å². The molecule has 0 atom stereocenters. The lowest BCUT2D eigenvalue weighted by Crippen LogP contribution is -2.50. The smallest absolute Gasteiger partial charge is 0.242 e. The van der Waals surface area contributed by atoms with Gasteiger partial charge in [0.1, 0.15) is 6.54 Å². The van der Waals surface area contributed by atoms with E-state index in [-0.39, 0.29) is 17.9 Å². The molecule has 0 radical (unpaired) electrons. The summed E-state index contributed by atoms with van der Waals surface area (Å²) in [6.07, 6.45) is 3.35. The minimum atomic E-state index is -0.0359. The van der Waals surface area contributed by atoms with Crippen LogP contribution in [0, 0.1) is 0 Å². The molecule has 144 valence electrons. The molecular weight excluding hydrogens is 358 g/mol. The highest BCUT2D eigenvalue weighted by molar-refractivity contribution is 5.82. The van der Waals surface area contributed by atoms with Crippen molar-refractivity contribution in [2.45, 2.75) is 6.54 Å². The third kappa shape index (κ3) is 3.53. The van der Waals surface area contributed by atoms with Gasteiger partial charge in [0.25, 0.3) is 0 Å². The number of nitrogens with zero attached hydrogens (tertiary/aromatic N) is 5. The molecule has 1 amide bonds. The Morgan fingerprint density at radius 1 is 1.11 bits per heavy atom. The third-order valence-electron chi connectivity index (χ3n) is 4.93. The van der Waals surface area contributed by atoms with E-state index >= 15 is 0 Å². The van der Waals surface area contributed by atoms with Crippen LogP contribution in [0.4, 0.5) is 5.95 Å². The summed E-state index contributed by atoms with van der Waals surface area (Å²) in [5.41, 5.74) is 0.734. The summed E-state index contributed by atoms with van der Waals surface area (Å²) < 4.78 is 6.98. The largest absolute Gasteiger partial charge is 0.481 e. The molecule has 1 aliphatic rings. The van der Waals surface area contributed by atoms with Gasteiger partial charge in [-0.25, -0.2) is 4.98 Å². The summed E-state index contributed by atoms with van der Waals surface area (Å²) in [5.74, 6) is 1.16. The maximum Gasteiger partial charge on any atom is 0.242 e. The van der Waals surface area contributed by atoms with Gasteiger partial charge in [-0.1, -0.05) is 12.1 Å². The number of anilines is 1. The van der Waals surface area contributed by atoms with Crippen molar-refractivity contribution in [3.05, 3.63) is 59.0 Å². The number of para-hydroxylation sites is 1. The average Bonchev–Trinajstić information content (AvgIpc) is 2.76. The number of pyridine rings is 1. The number of benzene rings is 1. The first kappa shape index (κ1) is 18.0. The highest BCUT2D eigenvalue weighted by Gasteiger charge is 2.23. The van der Waals surface area contributed by atoms with E-state index < -0.39 is 0 Å². The normalized spacial score (nSPS) is 14.3. The van der Waals surface area contributed by atoms with Crippen LogP contribution in [0.5, 0.6) is 5.88 Å². The first-order valence-electron chi connectivity index (χ1n) is 9.13. The van der Waals surface area contributed by atoms with Crippen molar-refractivity contribution in [2.75, 3.05) is 38.2 Å². The molecule has 0 saturated carbocycles. The number of methoxy groups -OCH3 is 1. The first-order chi connectivity index (χ1) is 13.7. The molecule has 28 heavy (non-hydrogen) atoms. The predicted molar refractivity (Wildman–Crippen MR) is 106 cm³/mol. The van der Waals surface area contributed by atoms with Crippen molar-refractivity contribution in [2.24, 2.45) is 0 Å². The van der Waals surface area contributed by atoms with Gasteiger partial charge in [0.05, 0.1) is 12.6 Å². The number of fused-ring (bicyclic) bond motifs is 1. The van der Waals surface area contributed by atoms with E-state index in [9.17, 15) is 9.59 Å². The lowest BCUT2D eigenvalue weighted by Gasteiger charge is -2.35. The van der Waals surface area contributed by atoms with E-state index in [1.54, 1.807) is 31.6 Å². The highest BCUT2D eigenvalue weighted by atomic mass is 16.5. The van der Waals surface area contributed by atoms with E-state index in [0.29, 0.717) is 43.4 Å². The van der Waals surface area contributed by atoms with Crippen molar-refractivity contribution in [3.63, 3.8) is 0 Å². The van der Waals surface area contributed by atoms with Gasteiger partial charge in [0, 0.05) is 56.1 Å². The monoisotopic (exact) mass is 379 g/mol. The van der Waals surface area contributed by atoms with E-state index in [1.807, 2.05) is 32.6 Å². The zero-order chi connectivity index (χ0) is 19.5. The average molecular weight is 379 g/mol. The van der Waals surface area contributed by atoms with Crippen LogP contribution in [0.2, 0.25) is 0 Å². The Morgan fingerprint density at radius 2 is 1.89 bits per heavy atom. The number of carbonyl (C=O) groups excluding carboxylic acids is 1. The Balaban J connectivity index is 1.43. The maximum atomic E-state index is 12.8. The number of hydrogen-bond donors (Lipinski definition) is 0. The van der Waals surface area contributed by atoms with Gasteiger partial charge < -0.3 is 19.1 Å². The van der Waals surface area contributed by atoms with Crippen LogP contribution in [-0.4, -0.2) is 58.6 Å². The fourth-order valence-corrected chi connectivity index (χ4v) is 3.40. The predicted octanol–water partition coefficient (Wildman–Crippen LogP) is 1.15. The Morgan fingerprint density at radius 3 is 2.68 bits per heavy atom. The van der Waals surface area contributed by atoms with E-state index in [1.165, 1.54) is 6.07 Å². The number of aromatic nitrogens is 3. The molecule has 0 N–H and O–H groups in total. The molecule has 0 bridgehead atoms. The molecule has 0 unspecified atom stereocenters. The lowest BCUT2D eigenvalue weighted by molar-refractivity contribution is -0.132. The Labute approximate surface area is 162 Å². The summed E-state index contributed by atoms with van der Waals surface area (Å²) in [7, 11) is 1.57. The van der Waals surface area contributed by atoms with Gasteiger partial charge in [-0.3, -0.25) is 9.59 Å². The van der Waals surface area contributed by atoms with Gasteiger partial charge in [-0.05, 0) is 12.1 Å². The zero-order valence-corrected chi connectivity index (χ0v) is 15.6. The van der Waals surface area contributed by atoms with Gasteiger partial charge in [0.15, 0.2) is 5.43 Å². The number of ether oxygens (including phenoxy) is 1. The number of piperazine rings is 1. The van der Waals surface area contributed by atoms with Crippen LogP contribution >= 0.6 is 0 Å². The summed E-state index contributed by atoms with van der Waals surface area (Å²) in [5, 5.41) is 0.623. The SMILES string of the molecule is COc1ccnc(N2CCN(C(=O)Cn3ccc(=O)c4ccccc43)CC2)n1. The molecule has 8 nitrogen and oxygen atoms in total. The molecule has 1 saturated heterocycles. The fourth-order valence-electron chi connectivity index (χ4n) is 3.40. The van der Waals surface area contributed by atoms with Crippen LogP contribution in [0.15, 0.2) is 53.6 Å². The van der Waals surface area contributed by atoms with Crippen LogP contribution in [0.3, 0.4) is 0 Å². The van der Waals surface area contributed by atoms with Crippen molar-refractivity contribution in [1.82, 2.24) is 19.4 Å². The van der Waals surface area contributed by atoms with Gasteiger partial charge in [-0.2, -0.15) is 4.98 Å². The highest BCUT2D eigenvalue weighted by Crippen LogP contribution is 2.15. The standard InChI is InChI=1S/C20H21N5O3/c1-28-18-6-8-21-20(22-18)24-12-10-23(11-13-24)19(27)14-25-9-7-17(26)15-4-2-3-5-16(15)25/h2-9H,10-14H2,1H3. The van der Waals surface area contributed by atoms with Crippen LogP contribution < -0.4 is 15.1 Å².